The van der Waals surface area contributed by atoms with Crippen LogP contribution in [-0.2, 0) is 0 Å². The smallest absolute Gasteiger partial charge is 0.160 e. The average Bonchev–Trinajstić information content (AvgIpc) is 3.82. The number of nitrogens with zero attached hydrogens (tertiary/aromatic N) is 2. The molecule has 4 nitrogen and oxygen atoms in total. The van der Waals surface area contributed by atoms with Crippen molar-refractivity contribution in [3.05, 3.63) is 162 Å². The predicted octanol–water partition coefficient (Wildman–Crippen LogP) is 11.3. The van der Waals surface area contributed by atoms with Crippen LogP contribution in [0.5, 0.6) is 0 Å². The SMILES string of the molecule is C1=CC2c3c(oc4ccc(-c5nc(-c6ccccc6)cc(-c6ccc7oc8ccccc8c7c6)n5)cc34)C=C3c4ccccc4C(=C1)C32. The molecule has 8 aromatic rings. The molecule has 0 bridgehead atoms. The largest absolute Gasteiger partial charge is 0.456 e. The minimum absolute atomic E-state index is 0.201. The summed E-state index contributed by atoms with van der Waals surface area (Å²) in [6.45, 7) is 0. The summed E-state index contributed by atoms with van der Waals surface area (Å²) in [5, 5.41) is 3.29. The molecule has 11 rings (SSSR count). The van der Waals surface area contributed by atoms with Gasteiger partial charge < -0.3 is 8.83 Å². The van der Waals surface area contributed by atoms with Crippen molar-refractivity contribution in [3.8, 4) is 33.9 Å². The first-order valence-corrected chi connectivity index (χ1v) is 16.4. The van der Waals surface area contributed by atoms with E-state index in [1.807, 2.05) is 42.5 Å². The second-order valence-electron chi connectivity index (χ2n) is 12.9. The molecule has 2 unspecified atom stereocenters. The van der Waals surface area contributed by atoms with Crippen LogP contribution >= 0.6 is 0 Å². The molecule has 3 heterocycles. The van der Waals surface area contributed by atoms with E-state index in [1.54, 1.807) is 0 Å². The Morgan fingerprint density at radius 2 is 1.21 bits per heavy atom. The molecule has 3 aliphatic carbocycles. The summed E-state index contributed by atoms with van der Waals surface area (Å²) in [5.41, 5.74) is 14.0. The number of allylic oxidation sites excluding steroid dienone is 5. The number of benzene rings is 5. The third-order valence-electron chi connectivity index (χ3n) is 10.3. The number of fused-ring (bicyclic) bond motifs is 10. The van der Waals surface area contributed by atoms with Crippen LogP contribution in [0.3, 0.4) is 0 Å². The van der Waals surface area contributed by atoms with Gasteiger partial charge in [0.1, 0.15) is 22.5 Å². The summed E-state index contributed by atoms with van der Waals surface area (Å²) in [4.78, 5) is 10.4. The fourth-order valence-corrected chi connectivity index (χ4v) is 8.12. The molecule has 3 aliphatic rings. The monoisotopic (exact) mass is 614 g/mol. The molecule has 0 amide bonds. The van der Waals surface area contributed by atoms with Gasteiger partial charge in [-0.2, -0.15) is 0 Å². The lowest BCUT2D eigenvalue weighted by Crippen LogP contribution is -2.16. The molecular formula is C44H26N2O2. The zero-order valence-electron chi connectivity index (χ0n) is 25.7. The molecule has 0 spiro atoms. The highest BCUT2D eigenvalue weighted by atomic mass is 16.3. The molecule has 0 fully saturated rings. The van der Waals surface area contributed by atoms with Crippen molar-refractivity contribution in [2.45, 2.75) is 5.92 Å². The van der Waals surface area contributed by atoms with E-state index in [0.29, 0.717) is 11.7 Å². The first kappa shape index (κ1) is 25.9. The molecule has 0 aliphatic heterocycles. The molecule has 3 aromatic heterocycles. The maximum absolute atomic E-state index is 6.57. The van der Waals surface area contributed by atoms with Crippen molar-refractivity contribution >= 4 is 50.1 Å². The van der Waals surface area contributed by atoms with Gasteiger partial charge >= 0.3 is 0 Å². The second-order valence-corrected chi connectivity index (χ2v) is 12.9. The number of aromatic nitrogens is 2. The Morgan fingerprint density at radius 3 is 2.08 bits per heavy atom. The van der Waals surface area contributed by atoms with Crippen molar-refractivity contribution in [2.75, 3.05) is 0 Å². The van der Waals surface area contributed by atoms with Crippen LogP contribution < -0.4 is 0 Å². The van der Waals surface area contributed by atoms with Gasteiger partial charge in [0.2, 0.25) is 0 Å². The number of rotatable bonds is 3. The molecular weight excluding hydrogens is 588 g/mol. The third-order valence-corrected chi connectivity index (χ3v) is 10.3. The third kappa shape index (κ3) is 3.66. The highest BCUT2D eigenvalue weighted by Crippen LogP contribution is 2.58. The van der Waals surface area contributed by atoms with E-state index in [4.69, 9.17) is 18.8 Å². The van der Waals surface area contributed by atoms with Crippen LogP contribution in [0.1, 0.15) is 28.4 Å². The van der Waals surface area contributed by atoms with Gasteiger partial charge in [0.05, 0.1) is 11.4 Å². The molecule has 0 radical (unpaired) electrons. The van der Waals surface area contributed by atoms with Crippen molar-refractivity contribution < 1.29 is 8.83 Å². The Bertz CT molecular complexity index is 2740. The van der Waals surface area contributed by atoms with Crippen molar-refractivity contribution in [3.63, 3.8) is 0 Å². The summed E-state index contributed by atoms with van der Waals surface area (Å²) < 4.78 is 12.7. The normalized spacial score (nSPS) is 17.3. The Morgan fingerprint density at radius 1 is 0.521 bits per heavy atom. The van der Waals surface area contributed by atoms with E-state index in [2.05, 4.69) is 103 Å². The van der Waals surface area contributed by atoms with Gasteiger partial charge in [-0.1, -0.05) is 91.0 Å². The summed E-state index contributed by atoms with van der Waals surface area (Å²) in [6.07, 6.45) is 9.11. The Hall–Kier alpha value is -6.26. The van der Waals surface area contributed by atoms with Gasteiger partial charge in [-0.15, -0.1) is 0 Å². The van der Waals surface area contributed by atoms with E-state index < -0.39 is 0 Å². The van der Waals surface area contributed by atoms with Crippen LogP contribution in [0.25, 0.3) is 84.0 Å². The average molecular weight is 615 g/mol. The fraction of sp³-hybridized carbons (Fsp3) is 0.0455. The number of hydrogen-bond donors (Lipinski definition) is 0. The molecule has 48 heavy (non-hydrogen) atoms. The van der Waals surface area contributed by atoms with Crippen molar-refractivity contribution in [1.82, 2.24) is 9.97 Å². The first-order chi connectivity index (χ1) is 23.8. The number of hydrogen-bond acceptors (Lipinski definition) is 4. The molecule has 5 aromatic carbocycles. The van der Waals surface area contributed by atoms with Gasteiger partial charge in [0, 0.05) is 50.2 Å². The molecule has 2 atom stereocenters. The summed E-state index contributed by atoms with van der Waals surface area (Å²) in [5.74, 6) is 2.12. The van der Waals surface area contributed by atoms with E-state index in [1.165, 1.54) is 27.8 Å². The predicted molar refractivity (Wildman–Crippen MR) is 193 cm³/mol. The minimum atomic E-state index is 0.201. The van der Waals surface area contributed by atoms with Gasteiger partial charge in [-0.05, 0) is 76.9 Å². The standard InChI is InChI=1S/C44H26N2O2/c1-2-9-25(10-3-1)36-24-37(26-17-19-39-33(21-26)30-13-6-7-16-38(30)47-39)46-44(45-36)27-18-20-40-35(22-27)43-32-15-8-14-31-28-11-4-5-12-29(28)34(42(31)32)23-41(43)48-40/h1-24,32,42H. The zero-order chi connectivity index (χ0) is 31.3. The molecule has 224 valence electrons. The summed E-state index contributed by atoms with van der Waals surface area (Å²) >= 11 is 0. The van der Waals surface area contributed by atoms with Crippen LogP contribution in [0.15, 0.2) is 148 Å². The molecule has 4 heteroatoms. The second kappa shape index (κ2) is 9.63. The Kier molecular flexibility index (Phi) is 5.19. The fourth-order valence-electron chi connectivity index (χ4n) is 8.12. The van der Waals surface area contributed by atoms with E-state index in [9.17, 15) is 0 Å². The van der Waals surface area contributed by atoms with Crippen LogP contribution in [0, 0.1) is 5.92 Å². The van der Waals surface area contributed by atoms with Gasteiger partial charge in [-0.25, -0.2) is 9.97 Å². The first-order valence-electron chi connectivity index (χ1n) is 16.4. The van der Waals surface area contributed by atoms with Gasteiger partial charge in [0.25, 0.3) is 0 Å². The topological polar surface area (TPSA) is 52.1 Å². The maximum atomic E-state index is 6.57. The molecule has 0 saturated carbocycles. The molecule has 0 saturated heterocycles. The lowest BCUT2D eigenvalue weighted by Gasteiger charge is -2.29. The zero-order valence-corrected chi connectivity index (χ0v) is 25.7. The lowest BCUT2D eigenvalue weighted by molar-refractivity contribution is 0.585. The number of furan rings is 2. The highest BCUT2D eigenvalue weighted by Gasteiger charge is 2.42. The van der Waals surface area contributed by atoms with Crippen LogP contribution in [-0.4, -0.2) is 9.97 Å². The van der Waals surface area contributed by atoms with Gasteiger partial charge in [0.15, 0.2) is 5.82 Å². The van der Waals surface area contributed by atoms with Crippen LogP contribution in [0.4, 0.5) is 0 Å². The quantitative estimate of drug-likeness (QED) is 0.199. The lowest BCUT2D eigenvalue weighted by atomic mass is 9.72. The summed E-state index contributed by atoms with van der Waals surface area (Å²) in [6, 6.07) is 42.1. The number of para-hydroxylation sites is 1. The van der Waals surface area contributed by atoms with E-state index in [-0.39, 0.29) is 5.92 Å². The van der Waals surface area contributed by atoms with E-state index >= 15 is 0 Å². The molecule has 0 N–H and O–H groups in total. The van der Waals surface area contributed by atoms with Crippen molar-refractivity contribution in [2.24, 2.45) is 5.92 Å². The highest BCUT2D eigenvalue weighted by molar-refractivity contribution is 6.07. The Labute approximate surface area is 276 Å². The minimum Gasteiger partial charge on any atom is -0.456 e. The van der Waals surface area contributed by atoms with Crippen molar-refractivity contribution in [1.29, 1.82) is 0 Å². The Balaban J connectivity index is 1.09. The van der Waals surface area contributed by atoms with Crippen LogP contribution in [0.2, 0.25) is 0 Å². The summed E-state index contributed by atoms with van der Waals surface area (Å²) in [7, 11) is 0. The van der Waals surface area contributed by atoms with E-state index in [0.717, 1.165) is 66.7 Å². The maximum Gasteiger partial charge on any atom is 0.160 e. The van der Waals surface area contributed by atoms with Gasteiger partial charge in [-0.3, -0.25) is 0 Å².